The molecule has 0 heterocycles. The Labute approximate surface area is 153 Å². The topological polar surface area (TPSA) is 0 Å². The molecule has 0 saturated heterocycles. The fraction of sp³-hybridized carbons (Fsp3) is 0.273. The number of hydrogen-bond acceptors (Lipinski definition) is 0. The highest BCUT2D eigenvalue weighted by Gasteiger charge is 2.28. The van der Waals surface area contributed by atoms with Crippen molar-refractivity contribution in [3.63, 3.8) is 0 Å². The molecule has 0 radical (unpaired) electrons. The van der Waals surface area contributed by atoms with Crippen LogP contribution in [0.3, 0.4) is 0 Å². The molecule has 4 rings (SSSR count). The molecule has 2 unspecified atom stereocenters. The molecule has 0 spiro atoms. The van der Waals surface area contributed by atoms with Gasteiger partial charge in [0.25, 0.3) is 0 Å². The Morgan fingerprint density at radius 2 is 1.12 bits per heavy atom. The minimum atomic E-state index is 0.481. The van der Waals surface area contributed by atoms with Crippen LogP contribution in [0.15, 0.2) is 47.5 Å². The second-order valence-electron chi connectivity index (χ2n) is 6.94. The van der Waals surface area contributed by atoms with E-state index in [0.29, 0.717) is 11.8 Å². The van der Waals surface area contributed by atoms with E-state index in [1.54, 1.807) is 0 Å². The zero-order chi connectivity index (χ0) is 16.8. The van der Waals surface area contributed by atoms with Crippen LogP contribution in [0.2, 0.25) is 10.0 Å². The zero-order valence-electron chi connectivity index (χ0n) is 13.9. The van der Waals surface area contributed by atoms with Crippen LogP contribution in [-0.2, 0) is 0 Å². The van der Waals surface area contributed by atoms with Gasteiger partial charge in [-0.3, -0.25) is 0 Å². The van der Waals surface area contributed by atoms with E-state index in [4.69, 9.17) is 23.2 Å². The van der Waals surface area contributed by atoms with Gasteiger partial charge in [0.1, 0.15) is 0 Å². The summed E-state index contributed by atoms with van der Waals surface area (Å²) in [7, 11) is 0. The standard InChI is InChI=1S/C22H20Cl2/c1-13-11-19-17(5-3-7-21(19)23)15(13)9-10-16-14(2)12-20-18(16)6-4-8-22(20)24/h3-8,11-12,15-16H,9-10H2,1-2H3. The minimum absolute atomic E-state index is 0.481. The second-order valence-corrected chi connectivity index (χ2v) is 7.76. The van der Waals surface area contributed by atoms with E-state index >= 15 is 0 Å². The van der Waals surface area contributed by atoms with Gasteiger partial charge in [-0.05, 0) is 61.1 Å². The molecule has 2 heteroatoms. The minimum Gasteiger partial charge on any atom is -0.0837 e. The zero-order valence-corrected chi connectivity index (χ0v) is 15.5. The molecule has 0 aromatic heterocycles. The highest BCUT2D eigenvalue weighted by atomic mass is 35.5. The molecule has 2 aromatic carbocycles. The fourth-order valence-corrected chi connectivity index (χ4v) is 4.74. The summed E-state index contributed by atoms with van der Waals surface area (Å²) < 4.78 is 0. The van der Waals surface area contributed by atoms with Crippen LogP contribution in [0.1, 0.15) is 60.8 Å². The predicted molar refractivity (Wildman–Crippen MR) is 105 cm³/mol. The number of benzene rings is 2. The molecule has 24 heavy (non-hydrogen) atoms. The Hall–Kier alpha value is -1.50. The highest BCUT2D eigenvalue weighted by molar-refractivity contribution is 6.32. The summed E-state index contributed by atoms with van der Waals surface area (Å²) in [5, 5.41) is 1.73. The van der Waals surface area contributed by atoms with E-state index < -0.39 is 0 Å². The summed E-state index contributed by atoms with van der Waals surface area (Å²) in [6, 6.07) is 12.5. The van der Waals surface area contributed by atoms with E-state index in [1.165, 1.54) is 33.4 Å². The van der Waals surface area contributed by atoms with Gasteiger partial charge >= 0.3 is 0 Å². The molecule has 2 aromatic rings. The third-order valence-corrected chi connectivity index (χ3v) is 6.17. The average Bonchev–Trinajstić information content (AvgIpc) is 3.04. The van der Waals surface area contributed by atoms with Crippen molar-refractivity contribution in [2.24, 2.45) is 0 Å². The first-order chi connectivity index (χ1) is 11.6. The number of fused-ring (bicyclic) bond motifs is 2. The second kappa shape index (κ2) is 6.10. The Bertz CT molecular complexity index is 800. The van der Waals surface area contributed by atoms with Crippen molar-refractivity contribution in [3.05, 3.63) is 79.8 Å². The monoisotopic (exact) mass is 354 g/mol. The van der Waals surface area contributed by atoms with E-state index in [9.17, 15) is 0 Å². The van der Waals surface area contributed by atoms with E-state index in [0.717, 1.165) is 22.9 Å². The molecule has 122 valence electrons. The molecule has 0 fully saturated rings. The van der Waals surface area contributed by atoms with Crippen molar-refractivity contribution in [3.8, 4) is 0 Å². The number of rotatable bonds is 3. The molecule has 0 saturated carbocycles. The van der Waals surface area contributed by atoms with Gasteiger partial charge in [0.05, 0.1) is 0 Å². The largest absolute Gasteiger partial charge is 0.0837 e. The maximum Gasteiger partial charge on any atom is 0.0481 e. The SMILES string of the molecule is CC1=Cc2c(Cl)cccc2C1CCC1C(C)=Cc2c(Cl)cccc21. The van der Waals surface area contributed by atoms with Crippen molar-refractivity contribution in [2.45, 2.75) is 38.5 Å². The summed E-state index contributed by atoms with van der Waals surface area (Å²) in [4.78, 5) is 0. The predicted octanol–water partition coefficient (Wildman–Crippen LogP) is 7.47. The molecule has 0 aliphatic heterocycles. The van der Waals surface area contributed by atoms with Crippen molar-refractivity contribution < 1.29 is 0 Å². The quantitative estimate of drug-likeness (QED) is 0.535. The van der Waals surface area contributed by atoms with Crippen molar-refractivity contribution in [1.29, 1.82) is 0 Å². The first-order valence-electron chi connectivity index (χ1n) is 8.49. The van der Waals surface area contributed by atoms with Crippen molar-refractivity contribution >= 4 is 35.4 Å². The summed E-state index contributed by atoms with van der Waals surface area (Å²) in [5.74, 6) is 0.962. The van der Waals surface area contributed by atoms with Gasteiger partial charge in [-0.25, -0.2) is 0 Å². The van der Waals surface area contributed by atoms with Gasteiger partial charge in [-0.15, -0.1) is 0 Å². The molecule has 2 atom stereocenters. The van der Waals surface area contributed by atoms with Gasteiger partial charge in [0.2, 0.25) is 0 Å². The lowest BCUT2D eigenvalue weighted by Crippen LogP contribution is -2.03. The number of hydrogen-bond donors (Lipinski definition) is 0. The number of halogens is 2. The fourth-order valence-electron chi connectivity index (χ4n) is 4.27. The molecule has 0 amide bonds. The van der Waals surface area contributed by atoms with Crippen LogP contribution in [0.25, 0.3) is 12.2 Å². The van der Waals surface area contributed by atoms with Gasteiger partial charge < -0.3 is 0 Å². The maximum atomic E-state index is 6.37. The lowest BCUT2D eigenvalue weighted by molar-refractivity contribution is 0.611. The van der Waals surface area contributed by atoms with E-state index in [-0.39, 0.29) is 0 Å². The normalized spacial score (nSPS) is 21.3. The highest BCUT2D eigenvalue weighted by Crippen LogP contribution is 2.46. The molecule has 2 aliphatic rings. The maximum absolute atomic E-state index is 6.37. The van der Waals surface area contributed by atoms with Crippen molar-refractivity contribution in [1.82, 2.24) is 0 Å². The molecule has 0 N–H and O–H groups in total. The van der Waals surface area contributed by atoms with Gasteiger partial charge in [-0.1, -0.05) is 70.8 Å². The van der Waals surface area contributed by atoms with Gasteiger partial charge in [-0.2, -0.15) is 0 Å². The van der Waals surface area contributed by atoms with E-state index in [2.05, 4.69) is 50.3 Å². The Kier molecular flexibility index (Phi) is 4.06. The first kappa shape index (κ1) is 16.0. The smallest absolute Gasteiger partial charge is 0.0481 e. The lowest BCUT2D eigenvalue weighted by Gasteiger charge is -2.20. The lowest BCUT2D eigenvalue weighted by atomic mass is 9.85. The molecule has 2 aliphatic carbocycles. The number of allylic oxidation sites excluding steroid dienone is 2. The summed E-state index contributed by atoms with van der Waals surface area (Å²) >= 11 is 12.7. The summed E-state index contributed by atoms with van der Waals surface area (Å²) in [5.41, 5.74) is 8.03. The van der Waals surface area contributed by atoms with E-state index in [1.807, 2.05) is 12.1 Å². The molecule has 0 nitrogen and oxygen atoms in total. The summed E-state index contributed by atoms with van der Waals surface area (Å²) in [6.07, 6.45) is 6.78. The van der Waals surface area contributed by atoms with Crippen LogP contribution in [0.5, 0.6) is 0 Å². The Balaban J connectivity index is 1.58. The van der Waals surface area contributed by atoms with Crippen LogP contribution >= 0.6 is 23.2 Å². The Morgan fingerprint density at radius 1 is 0.708 bits per heavy atom. The molecular formula is C22H20Cl2. The molecule has 0 bridgehead atoms. The van der Waals surface area contributed by atoms with Crippen LogP contribution in [-0.4, -0.2) is 0 Å². The summed E-state index contributed by atoms with van der Waals surface area (Å²) in [6.45, 7) is 4.45. The van der Waals surface area contributed by atoms with Crippen LogP contribution in [0, 0.1) is 0 Å². The van der Waals surface area contributed by atoms with Gasteiger partial charge in [0.15, 0.2) is 0 Å². The first-order valence-corrected chi connectivity index (χ1v) is 9.25. The van der Waals surface area contributed by atoms with Crippen LogP contribution < -0.4 is 0 Å². The van der Waals surface area contributed by atoms with Gasteiger partial charge in [0, 0.05) is 21.9 Å². The molecular weight excluding hydrogens is 335 g/mol. The average molecular weight is 355 g/mol. The Morgan fingerprint density at radius 3 is 1.54 bits per heavy atom. The van der Waals surface area contributed by atoms with Crippen molar-refractivity contribution in [2.75, 3.05) is 0 Å². The third-order valence-electron chi connectivity index (χ3n) is 5.51. The van der Waals surface area contributed by atoms with Crippen LogP contribution in [0.4, 0.5) is 0 Å². The third kappa shape index (κ3) is 2.53.